The van der Waals surface area contributed by atoms with Crippen molar-refractivity contribution >= 4 is 29.9 Å². The number of ether oxygens (including phenoxy) is 1. The van der Waals surface area contributed by atoms with Gasteiger partial charge in [0, 0.05) is 26.2 Å². The van der Waals surface area contributed by atoms with Gasteiger partial charge in [0.05, 0.1) is 13.2 Å². The lowest BCUT2D eigenvalue weighted by atomic mass is 10.0. The Bertz CT molecular complexity index is 562. The number of hydrogen-bond donors (Lipinski definition) is 1. The van der Waals surface area contributed by atoms with Crippen molar-refractivity contribution in [3.05, 3.63) is 35.4 Å². The third-order valence-electron chi connectivity index (χ3n) is 5.10. The zero-order valence-electron chi connectivity index (χ0n) is 16.9. The lowest BCUT2D eigenvalue weighted by Crippen LogP contribution is -2.51. The first-order valence-corrected chi connectivity index (χ1v) is 9.47. The molecule has 5 nitrogen and oxygen atoms in total. The van der Waals surface area contributed by atoms with E-state index in [1.807, 2.05) is 7.05 Å². The van der Waals surface area contributed by atoms with Crippen LogP contribution in [0.15, 0.2) is 29.3 Å². The number of rotatable bonds is 6. The van der Waals surface area contributed by atoms with Crippen molar-refractivity contribution in [1.82, 2.24) is 15.1 Å². The Kier molecular flexibility index (Phi) is 10.5. The first-order valence-electron chi connectivity index (χ1n) is 9.47. The molecule has 0 bridgehead atoms. The molecule has 1 fully saturated rings. The first kappa shape index (κ1) is 23.2. The van der Waals surface area contributed by atoms with E-state index in [1.54, 1.807) is 0 Å². The van der Waals surface area contributed by atoms with E-state index in [4.69, 9.17) is 4.74 Å². The van der Waals surface area contributed by atoms with Gasteiger partial charge in [-0.3, -0.25) is 9.89 Å². The lowest BCUT2D eigenvalue weighted by molar-refractivity contribution is -0.00840. The summed E-state index contributed by atoms with van der Waals surface area (Å²) in [4.78, 5) is 9.27. The van der Waals surface area contributed by atoms with Crippen LogP contribution in [0, 0.1) is 6.92 Å². The molecule has 0 amide bonds. The summed E-state index contributed by atoms with van der Waals surface area (Å²) < 4.78 is 6.04. The molecule has 2 rings (SSSR count). The van der Waals surface area contributed by atoms with Gasteiger partial charge in [-0.2, -0.15) is 0 Å². The third-order valence-corrected chi connectivity index (χ3v) is 5.10. The maximum absolute atomic E-state index is 6.04. The van der Waals surface area contributed by atoms with Gasteiger partial charge in [0.1, 0.15) is 6.10 Å². The molecule has 148 valence electrons. The molecule has 1 aromatic carbocycles. The van der Waals surface area contributed by atoms with Crippen molar-refractivity contribution in [2.75, 3.05) is 46.4 Å². The van der Waals surface area contributed by atoms with Crippen LogP contribution in [0.4, 0.5) is 0 Å². The van der Waals surface area contributed by atoms with Crippen LogP contribution < -0.4 is 5.32 Å². The number of guanidine groups is 1. The van der Waals surface area contributed by atoms with E-state index in [9.17, 15) is 0 Å². The fourth-order valence-electron chi connectivity index (χ4n) is 3.53. The molecule has 1 aliphatic heterocycles. The lowest BCUT2D eigenvalue weighted by Gasteiger charge is -2.36. The molecule has 0 aromatic heterocycles. The normalized spacial score (nSPS) is 19.2. The summed E-state index contributed by atoms with van der Waals surface area (Å²) in [7, 11) is 1.86. The van der Waals surface area contributed by atoms with Gasteiger partial charge in [-0.15, -0.1) is 24.0 Å². The highest BCUT2D eigenvalue weighted by Gasteiger charge is 2.25. The molecule has 2 atom stereocenters. The fraction of sp³-hybridized carbons (Fsp3) is 0.650. The first-order chi connectivity index (χ1) is 12.1. The summed E-state index contributed by atoms with van der Waals surface area (Å²) in [6, 6.07) is 8.97. The van der Waals surface area contributed by atoms with Gasteiger partial charge in [0.2, 0.25) is 0 Å². The summed E-state index contributed by atoms with van der Waals surface area (Å²) in [5.74, 6) is 0.973. The minimum absolute atomic E-state index is 0. The molecule has 0 aliphatic carbocycles. The fourth-order valence-corrected chi connectivity index (χ4v) is 3.53. The number of nitrogens with one attached hydrogen (secondary N) is 1. The second-order valence-electron chi connectivity index (χ2n) is 6.66. The quantitative estimate of drug-likeness (QED) is 0.390. The molecule has 0 saturated carbocycles. The highest BCUT2D eigenvalue weighted by atomic mass is 127. The van der Waals surface area contributed by atoms with E-state index in [1.165, 1.54) is 11.1 Å². The Labute approximate surface area is 176 Å². The second kappa shape index (κ2) is 11.8. The van der Waals surface area contributed by atoms with E-state index < -0.39 is 0 Å². The van der Waals surface area contributed by atoms with E-state index in [0.29, 0.717) is 6.04 Å². The van der Waals surface area contributed by atoms with Crippen LogP contribution in [0.1, 0.15) is 38.0 Å². The molecule has 1 heterocycles. The SMILES string of the molecule is CCN(CC)C(C)CNC(=NC)N1CCOC(c2ccccc2C)C1.I. The predicted molar refractivity (Wildman–Crippen MR) is 121 cm³/mol. The number of aliphatic imine (C=N–C) groups is 1. The maximum atomic E-state index is 6.04. The van der Waals surface area contributed by atoms with Crippen molar-refractivity contribution in [3.8, 4) is 0 Å². The Balaban J connectivity index is 0.00000338. The molecule has 6 heteroatoms. The van der Waals surface area contributed by atoms with Gasteiger partial charge in [-0.05, 0) is 38.1 Å². The van der Waals surface area contributed by atoms with Gasteiger partial charge >= 0.3 is 0 Å². The predicted octanol–water partition coefficient (Wildman–Crippen LogP) is 3.29. The van der Waals surface area contributed by atoms with Gasteiger partial charge in [-0.25, -0.2) is 0 Å². The zero-order valence-corrected chi connectivity index (χ0v) is 19.2. The van der Waals surface area contributed by atoms with Crippen LogP contribution in [0.3, 0.4) is 0 Å². The van der Waals surface area contributed by atoms with Crippen molar-refractivity contribution in [2.24, 2.45) is 4.99 Å². The largest absolute Gasteiger partial charge is 0.370 e. The Morgan fingerprint density at radius 3 is 2.65 bits per heavy atom. The average Bonchev–Trinajstić information content (AvgIpc) is 2.64. The molecule has 2 unspecified atom stereocenters. The summed E-state index contributed by atoms with van der Waals surface area (Å²) in [5.41, 5.74) is 2.56. The van der Waals surface area contributed by atoms with Gasteiger partial charge in [0.25, 0.3) is 0 Å². The molecule has 0 radical (unpaired) electrons. The molecule has 1 saturated heterocycles. The molecule has 26 heavy (non-hydrogen) atoms. The number of nitrogens with zero attached hydrogens (tertiary/aromatic N) is 3. The van der Waals surface area contributed by atoms with Crippen molar-refractivity contribution in [1.29, 1.82) is 0 Å². The maximum Gasteiger partial charge on any atom is 0.193 e. The molecule has 1 N–H and O–H groups in total. The zero-order chi connectivity index (χ0) is 18.2. The van der Waals surface area contributed by atoms with Crippen LogP contribution in [-0.2, 0) is 4.74 Å². The molecular weight excluding hydrogens is 439 g/mol. The Morgan fingerprint density at radius 2 is 2.04 bits per heavy atom. The standard InChI is InChI=1S/C20H34N4O.HI/c1-6-23(7-2)17(4)14-22-20(21-5)24-12-13-25-19(15-24)18-11-9-8-10-16(18)3;/h8-11,17,19H,6-7,12-15H2,1-5H3,(H,21,22);1H. The summed E-state index contributed by atoms with van der Waals surface area (Å²) in [5, 5.41) is 3.55. The molecular formula is C20H35IN4O. The van der Waals surface area contributed by atoms with Crippen LogP contribution in [0.2, 0.25) is 0 Å². The molecule has 0 spiro atoms. The van der Waals surface area contributed by atoms with Gasteiger partial charge in [0.15, 0.2) is 5.96 Å². The van der Waals surface area contributed by atoms with E-state index in [-0.39, 0.29) is 30.1 Å². The highest BCUT2D eigenvalue weighted by Crippen LogP contribution is 2.24. The van der Waals surface area contributed by atoms with E-state index >= 15 is 0 Å². The summed E-state index contributed by atoms with van der Waals surface area (Å²) in [6.45, 7) is 14.3. The van der Waals surface area contributed by atoms with Crippen LogP contribution in [0.5, 0.6) is 0 Å². The van der Waals surface area contributed by atoms with Gasteiger partial charge < -0.3 is 15.0 Å². The number of halogens is 1. The Morgan fingerprint density at radius 1 is 1.35 bits per heavy atom. The summed E-state index contributed by atoms with van der Waals surface area (Å²) >= 11 is 0. The van der Waals surface area contributed by atoms with E-state index in [0.717, 1.165) is 45.3 Å². The monoisotopic (exact) mass is 474 g/mol. The highest BCUT2D eigenvalue weighted by molar-refractivity contribution is 14.0. The van der Waals surface area contributed by atoms with Crippen LogP contribution in [-0.4, -0.2) is 68.2 Å². The van der Waals surface area contributed by atoms with E-state index in [2.05, 4.69) is 72.1 Å². The van der Waals surface area contributed by atoms with Gasteiger partial charge in [-0.1, -0.05) is 38.1 Å². The smallest absolute Gasteiger partial charge is 0.193 e. The molecule has 1 aromatic rings. The van der Waals surface area contributed by atoms with Crippen molar-refractivity contribution < 1.29 is 4.74 Å². The van der Waals surface area contributed by atoms with Crippen LogP contribution >= 0.6 is 24.0 Å². The third kappa shape index (κ3) is 6.09. The minimum atomic E-state index is 0. The minimum Gasteiger partial charge on any atom is -0.370 e. The van der Waals surface area contributed by atoms with Crippen molar-refractivity contribution in [3.63, 3.8) is 0 Å². The number of aryl methyl sites for hydroxylation is 1. The van der Waals surface area contributed by atoms with Crippen molar-refractivity contribution in [2.45, 2.75) is 39.8 Å². The number of morpholine rings is 1. The molecule has 1 aliphatic rings. The number of hydrogen-bond acceptors (Lipinski definition) is 3. The average molecular weight is 474 g/mol. The number of benzene rings is 1. The Hall–Kier alpha value is -0.860. The van der Waals surface area contributed by atoms with Crippen LogP contribution in [0.25, 0.3) is 0 Å². The number of likely N-dealkylation sites (N-methyl/N-ethyl adjacent to an activating group) is 1. The second-order valence-corrected chi connectivity index (χ2v) is 6.66. The summed E-state index contributed by atoms with van der Waals surface area (Å²) in [6.07, 6.45) is 0.105. The topological polar surface area (TPSA) is 40.1 Å².